The third kappa shape index (κ3) is 3.45. The zero-order valence-corrected chi connectivity index (χ0v) is 14.4. The van der Waals surface area contributed by atoms with E-state index in [0.29, 0.717) is 6.42 Å². The summed E-state index contributed by atoms with van der Waals surface area (Å²) in [6, 6.07) is 16.5. The molecule has 6 heteroatoms. The summed E-state index contributed by atoms with van der Waals surface area (Å²) < 4.78 is 6.44. The largest absolute Gasteiger partial charge is 0.429 e. The minimum atomic E-state index is 0.0826. The fraction of sp³-hybridized carbons (Fsp3) is 0.211. The summed E-state index contributed by atoms with van der Waals surface area (Å²) in [5, 5.41) is 19.8. The molecule has 0 amide bonds. The maximum Gasteiger partial charge on any atom is 0.195 e. The minimum Gasteiger partial charge on any atom is -0.429 e. The topological polar surface area (TPSA) is 81.8 Å². The molecular weight excluding hydrogens is 332 g/mol. The lowest BCUT2D eigenvalue weighted by Gasteiger charge is -2.26. The van der Waals surface area contributed by atoms with Gasteiger partial charge < -0.3 is 10.1 Å². The molecule has 3 aromatic rings. The Kier molecular flexibility index (Phi) is 4.29. The number of aromatic nitrogens is 1. The molecular formula is C19H18N4OS. The molecule has 1 fully saturated rings. The fourth-order valence-electron chi connectivity index (χ4n) is 2.72. The second kappa shape index (κ2) is 6.74. The van der Waals surface area contributed by atoms with E-state index in [4.69, 9.17) is 15.6 Å². The molecule has 1 saturated heterocycles. The highest BCUT2D eigenvalue weighted by molar-refractivity contribution is 7.18. The van der Waals surface area contributed by atoms with Gasteiger partial charge in [-0.05, 0) is 23.3 Å². The molecule has 1 aliphatic heterocycles. The highest BCUT2D eigenvalue weighted by atomic mass is 32.1. The molecule has 1 aromatic heterocycles. The van der Waals surface area contributed by atoms with Gasteiger partial charge in [0.2, 0.25) is 0 Å². The monoisotopic (exact) mass is 350 g/mol. The van der Waals surface area contributed by atoms with E-state index in [9.17, 15) is 0 Å². The Bertz CT molecular complexity index is 931. The molecule has 4 rings (SSSR count). The number of nitrogens with zero attached hydrogens (tertiary/aromatic N) is 1. The smallest absolute Gasteiger partial charge is 0.195 e. The fourth-order valence-corrected chi connectivity index (χ4v) is 3.73. The Morgan fingerprint density at radius 3 is 2.64 bits per heavy atom. The van der Waals surface area contributed by atoms with Crippen LogP contribution in [0.1, 0.15) is 5.01 Å². The number of hydrogen-bond donors (Lipinski definition) is 3. The van der Waals surface area contributed by atoms with Crippen LogP contribution < -0.4 is 5.32 Å². The van der Waals surface area contributed by atoms with Gasteiger partial charge in [-0.2, -0.15) is 0 Å². The van der Waals surface area contributed by atoms with Crippen LogP contribution in [0.15, 0.2) is 48.5 Å². The lowest BCUT2D eigenvalue weighted by molar-refractivity contribution is 0.371. The zero-order valence-electron chi connectivity index (χ0n) is 13.6. The third-order valence-electron chi connectivity index (χ3n) is 4.24. The van der Waals surface area contributed by atoms with Crippen LogP contribution in [-0.2, 0) is 11.2 Å². The van der Waals surface area contributed by atoms with Gasteiger partial charge in [0.05, 0.1) is 22.6 Å². The van der Waals surface area contributed by atoms with Crippen molar-refractivity contribution in [2.24, 2.45) is 5.92 Å². The van der Waals surface area contributed by atoms with Gasteiger partial charge in [0.15, 0.2) is 11.8 Å². The van der Waals surface area contributed by atoms with Crippen LogP contribution in [0.3, 0.4) is 0 Å². The third-order valence-corrected chi connectivity index (χ3v) is 5.26. The average molecular weight is 350 g/mol. The van der Waals surface area contributed by atoms with Crippen molar-refractivity contribution in [3.63, 3.8) is 0 Å². The Morgan fingerprint density at radius 1 is 1.12 bits per heavy atom. The summed E-state index contributed by atoms with van der Waals surface area (Å²) in [6.45, 7) is 1.52. The predicted octanol–water partition coefficient (Wildman–Crippen LogP) is 3.70. The van der Waals surface area contributed by atoms with Crippen molar-refractivity contribution < 1.29 is 4.74 Å². The molecule has 0 unspecified atom stereocenters. The second-order valence-corrected chi connectivity index (χ2v) is 7.19. The van der Waals surface area contributed by atoms with Crippen molar-refractivity contribution in [3.05, 3.63) is 53.5 Å². The van der Waals surface area contributed by atoms with Gasteiger partial charge in [0, 0.05) is 13.1 Å². The van der Waals surface area contributed by atoms with Gasteiger partial charge in [0.25, 0.3) is 0 Å². The number of benzene rings is 2. The molecule has 5 nitrogen and oxygen atoms in total. The van der Waals surface area contributed by atoms with E-state index in [1.807, 2.05) is 24.3 Å². The molecule has 0 bridgehead atoms. The Labute approximate surface area is 149 Å². The number of hydrogen-bond acceptors (Lipinski definition) is 6. The number of thiazole rings is 1. The van der Waals surface area contributed by atoms with E-state index >= 15 is 0 Å². The Morgan fingerprint density at radius 2 is 1.92 bits per heavy atom. The highest BCUT2D eigenvalue weighted by Gasteiger charge is 2.24. The molecule has 0 spiro atoms. The molecule has 0 aliphatic carbocycles. The first-order valence-electron chi connectivity index (χ1n) is 8.18. The van der Waals surface area contributed by atoms with E-state index in [0.717, 1.165) is 33.9 Å². The molecule has 126 valence electrons. The summed E-state index contributed by atoms with van der Waals surface area (Å²) in [4.78, 5) is 4.59. The van der Waals surface area contributed by atoms with Gasteiger partial charge in [-0.15, -0.1) is 11.3 Å². The predicted molar refractivity (Wildman–Crippen MR) is 102 cm³/mol. The van der Waals surface area contributed by atoms with Crippen LogP contribution in [0.4, 0.5) is 0 Å². The average Bonchev–Trinajstić information content (AvgIpc) is 2.94. The van der Waals surface area contributed by atoms with Gasteiger partial charge in [-0.1, -0.05) is 36.4 Å². The van der Waals surface area contributed by atoms with Gasteiger partial charge >= 0.3 is 0 Å². The first kappa shape index (κ1) is 15.9. The number of nitrogens with one attached hydrogen (secondary N) is 3. The summed E-state index contributed by atoms with van der Waals surface area (Å²) in [5.74, 6) is 0.361. The molecule has 3 N–H and O–H groups in total. The minimum absolute atomic E-state index is 0.0826. The van der Waals surface area contributed by atoms with Gasteiger partial charge in [0.1, 0.15) is 5.01 Å². The SMILES string of the molecule is N=C(Cc1nc2ccc(-c3ccccc3)cc2s1)OC(=N)C1CNC1. The van der Waals surface area contributed by atoms with Crippen molar-refractivity contribution >= 4 is 33.3 Å². The lowest BCUT2D eigenvalue weighted by Crippen LogP contribution is -2.47. The number of ether oxygens (including phenoxy) is 1. The van der Waals surface area contributed by atoms with Crippen molar-refractivity contribution in [3.8, 4) is 11.1 Å². The maximum absolute atomic E-state index is 7.98. The van der Waals surface area contributed by atoms with Gasteiger partial charge in [-0.25, -0.2) is 4.98 Å². The van der Waals surface area contributed by atoms with Crippen molar-refractivity contribution in [2.45, 2.75) is 6.42 Å². The normalized spacial score (nSPS) is 14.2. The molecule has 1 aliphatic rings. The maximum atomic E-state index is 7.98. The van der Waals surface area contributed by atoms with Crippen molar-refractivity contribution in [2.75, 3.05) is 13.1 Å². The first-order valence-corrected chi connectivity index (χ1v) is 9.00. The van der Waals surface area contributed by atoms with E-state index in [2.05, 4.69) is 34.6 Å². The van der Waals surface area contributed by atoms with Crippen molar-refractivity contribution in [1.29, 1.82) is 10.8 Å². The number of rotatable bonds is 4. The molecule has 0 saturated carbocycles. The van der Waals surface area contributed by atoms with Crippen LogP contribution in [-0.4, -0.2) is 29.9 Å². The summed E-state index contributed by atoms with van der Waals surface area (Å²) in [7, 11) is 0. The van der Waals surface area contributed by atoms with Gasteiger partial charge in [-0.3, -0.25) is 10.8 Å². The van der Waals surface area contributed by atoms with Crippen LogP contribution >= 0.6 is 11.3 Å². The van der Waals surface area contributed by atoms with E-state index in [-0.39, 0.29) is 17.7 Å². The summed E-state index contributed by atoms with van der Waals surface area (Å²) in [6.07, 6.45) is 0.322. The van der Waals surface area contributed by atoms with E-state index in [1.165, 1.54) is 5.56 Å². The second-order valence-electron chi connectivity index (χ2n) is 6.08. The van der Waals surface area contributed by atoms with Crippen LogP contribution in [0.2, 0.25) is 0 Å². The van der Waals surface area contributed by atoms with Crippen LogP contribution in [0.25, 0.3) is 21.3 Å². The van der Waals surface area contributed by atoms with E-state index < -0.39 is 0 Å². The Balaban J connectivity index is 1.49. The highest BCUT2D eigenvalue weighted by Crippen LogP contribution is 2.28. The summed E-state index contributed by atoms with van der Waals surface area (Å²) >= 11 is 1.57. The molecule has 0 atom stereocenters. The Hall–Kier alpha value is -2.57. The van der Waals surface area contributed by atoms with Crippen molar-refractivity contribution in [1.82, 2.24) is 10.3 Å². The standard InChI is InChI=1S/C19H18N4OS/c20-17(24-19(21)14-10-22-11-14)9-18-23-15-7-6-13(8-16(15)25-18)12-4-2-1-3-5-12/h1-8,14,20-22H,9-11H2. The zero-order chi connectivity index (χ0) is 17.2. The van der Waals surface area contributed by atoms with E-state index in [1.54, 1.807) is 11.3 Å². The number of fused-ring (bicyclic) bond motifs is 1. The van der Waals surface area contributed by atoms with Crippen LogP contribution in [0.5, 0.6) is 0 Å². The molecule has 0 radical (unpaired) electrons. The molecule has 2 heterocycles. The first-order chi connectivity index (χ1) is 12.2. The quantitative estimate of drug-likeness (QED) is 0.496. The lowest BCUT2D eigenvalue weighted by atomic mass is 10.0. The molecule has 25 heavy (non-hydrogen) atoms. The van der Waals surface area contributed by atoms with Crippen LogP contribution in [0, 0.1) is 16.7 Å². The molecule has 2 aromatic carbocycles. The summed E-state index contributed by atoms with van der Waals surface area (Å²) in [5.41, 5.74) is 3.28.